The normalized spacial score (nSPS) is 23.9. The van der Waals surface area contributed by atoms with Crippen LogP contribution < -0.4 is 5.32 Å². The third-order valence-corrected chi connectivity index (χ3v) is 4.93. The van der Waals surface area contributed by atoms with Crippen molar-refractivity contribution >= 4 is 11.7 Å². The highest BCUT2D eigenvalue weighted by molar-refractivity contribution is 5.92. The van der Waals surface area contributed by atoms with E-state index in [0.29, 0.717) is 5.92 Å². The molecule has 128 valence electrons. The van der Waals surface area contributed by atoms with Crippen LogP contribution in [-0.4, -0.2) is 42.8 Å². The molecule has 0 aromatic rings. The number of amides is 1. The summed E-state index contributed by atoms with van der Waals surface area (Å²) in [5.41, 5.74) is -0.405. The van der Waals surface area contributed by atoms with Gasteiger partial charge in [0.2, 0.25) is 5.91 Å². The van der Waals surface area contributed by atoms with Gasteiger partial charge in [-0.25, -0.2) is 0 Å². The van der Waals surface area contributed by atoms with Crippen molar-refractivity contribution in [1.82, 2.24) is 10.2 Å². The first kappa shape index (κ1) is 19.1. The topological polar surface area (TPSA) is 49.4 Å². The lowest BCUT2D eigenvalue weighted by Gasteiger charge is -2.34. The molecule has 0 spiro atoms. The summed E-state index contributed by atoms with van der Waals surface area (Å²) in [5, 5.41) is 3.39. The number of hydrogen-bond acceptors (Lipinski definition) is 3. The van der Waals surface area contributed by atoms with Crippen molar-refractivity contribution in [3.63, 3.8) is 0 Å². The van der Waals surface area contributed by atoms with Crippen LogP contribution in [0.25, 0.3) is 0 Å². The Kier molecular flexibility index (Phi) is 7.04. The summed E-state index contributed by atoms with van der Waals surface area (Å²) < 4.78 is 0. The van der Waals surface area contributed by atoms with Crippen molar-refractivity contribution < 1.29 is 9.59 Å². The van der Waals surface area contributed by atoms with Crippen LogP contribution in [0.3, 0.4) is 0 Å². The van der Waals surface area contributed by atoms with E-state index < -0.39 is 5.41 Å². The molecule has 4 heteroatoms. The van der Waals surface area contributed by atoms with E-state index >= 15 is 0 Å². The Labute approximate surface area is 136 Å². The lowest BCUT2D eigenvalue weighted by molar-refractivity contribution is -0.144. The van der Waals surface area contributed by atoms with Crippen LogP contribution in [-0.2, 0) is 9.59 Å². The van der Waals surface area contributed by atoms with Crippen LogP contribution in [0.1, 0.15) is 60.3 Å². The Balaban J connectivity index is 2.53. The van der Waals surface area contributed by atoms with Crippen molar-refractivity contribution in [3.8, 4) is 0 Å². The van der Waals surface area contributed by atoms with E-state index in [0.717, 1.165) is 38.8 Å². The summed E-state index contributed by atoms with van der Waals surface area (Å²) in [4.78, 5) is 26.7. The van der Waals surface area contributed by atoms with Gasteiger partial charge in [-0.3, -0.25) is 9.59 Å². The average Bonchev–Trinajstić information content (AvgIpc) is 2.49. The van der Waals surface area contributed by atoms with E-state index in [-0.39, 0.29) is 23.7 Å². The first-order valence-corrected chi connectivity index (χ1v) is 8.70. The van der Waals surface area contributed by atoms with E-state index in [1.54, 1.807) is 11.9 Å². The van der Waals surface area contributed by atoms with E-state index in [4.69, 9.17) is 0 Å². The predicted molar refractivity (Wildman–Crippen MR) is 90.7 cm³/mol. The lowest BCUT2D eigenvalue weighted by atomic mass is 9.80. The van der Waals surface area contributed by atoms with Gasteiger partial charge in [0, 0.05) is 18.4 Å². The molecule has 1 saturated carbocycles. The third-order valence-electron chi connectivity index (χ3n) is 4.93. The number of hydrogen-bond donors (Lipinski definition) is 1. The van der Waals surface area contributed by atoms with E-state index in [9.17, 15) is 9.59 Å². The van der Waals surface area contributed by atoms with E-state index in [2.05, 4.69) is 12.2 Å². The van der Waals surface area contributed by atoms with Crippen LogP contribution >= 0.6 is 0 Å². The molecule has 0 heterocycles. The zero-order valence-electron chi connectivity index (χ0n) is 15.2. The molecule has 1 amide bonds. The van der Waals surface area contributed by atoms with Crippen LogP contribution in [0.15, 0.2) is 0 Å². The number of rotatable bonds is 6. The number of Topliss-reactive ketones (excluding diaryl/α,β-unsaturated/α-hetero) is 1. The smallest absolute Gasteiger partial charge is 0.226 e. The van der Waals surface area contributed by atoms with Crippen molar-refractivity contribution in [3.05, 3.63) is 0 Å². The number of ketones is 1. The minimum absolute atomic E-state index is 0.0955. The Hall–Kier alpha value is -0.900. The van der Waals surface area contributed by atoms with Gasteiger partial charge >= 0.3 is 0 Å². The first-order chi connectivity index (χ1) is 10.2. The Morgan fingerprint density at radius 2 is 1.73 bits per heavy atom. The van der Waals surface area contributed by atoms with Gasteiger partial charge in [0.05, 0.1) is 6.04 Å². The van der Waals surface area contributed by atoms with Gasteiger partial charge in [0.15, 0.2) is 5.78 Å². The molecule has 0 aromatic carbocycles. The Morgan fingerprint density at radius 1 is 1.18 bits per heavy atom. The largest absolute Gasteiger partial charge is 0.336 e. The summed E-state index contributed by atoms with van der Waals surface area (Å²) in [6, 6.07) is -0.341. The van der Waals surface area contributed by atoms with Crippen molar-refractivity contribution in [2.75, 3.05) is 20.1 Å². The second kappa shape index (κ2) is 8.09. The molecule has 1 rings (SSSR count). The molecule has 1 atom stereocenters. The summed E-state index contributed by atoms with van der Waals surface area (Å²) >= 11 is 0. The first-order valence-electron chi connectivity index (χ1n) is 8.70. The van der Waals surface area contributed by atoms with Gasteiger partial charge in [-0.15, -0.1) is 0 Å². The fourth-order valence-corrected chi connectivity index (χ4v) is 3.24. The lowest BCUT2D eigenvalue weighted by Crippen LogP contribution is -2.47. The highest BCUT2D eigenvalue weighted by atomic mass is 16.2. The fraction of sp³-hybridized carbons (Fsp3) is 0.889. The molecular formula is C18H34N2O2. The molecule has 0 bridgehead atoms. The highest BCUT2D eigenvalue weighted by Gasteiger charge is 2.34. The SMILES string of the molecule is CCNCC1CCC(C(=O)N(C)C(C)C(=O)C(C)(C)C)CC1. The molecule has 1 aliphatic rings. The summed E-state index contributed by atoms with van der Waals surface area (Å²) in [6.45, 7) is 11.8. The van der Waals surface area contributed by atoms with Crippen molar-refractivity contribution in [2.24, 2.45) is 17.3 Å². The molecular weight excluding hydrogens is 276 g/mol. The van der Waals surface area contributed by atoms with Gasteiger partial charge in [-0.2, -0.15) is 0 Å². The summed E-state index contributed by atoms with van der Waals surface area (Å²) in [7, 11) is 1.78. The zero-order valence-corrected chi connectivity index (χ0v) is 15.2. The Bertz CT molecular complexity index is 379. The summed E-state index contributed by atoms with van der Waals surface area (Å²) in [6.07, 6.45) is 4.13. The van der Waals surface area contributed by atoms with E-state index in [1.807, 2.05) is 27.7 Å². The van der Waals surface area contributed by atoms with Gasteiger partial charge in [0.1, 0.15) is 0 Å². The van der Waals surface area contributed by atoms with Crippen LogP contribution in [0, 0.1) is 17.3 Å². The molecule has 0 saturated heterocycles. The highest BCUT2D eigenvalue weighted by Crippen LogP contribution is 2.30. The fourth-order valence-electron chi connectivity index (χ4n) is 3.24. The second-order valence-corrected chi connectivity index (χ2v) is 7.76. The van der Waals surface area contributed by atoms with Crippen LogP contribution in [0.2, 0.25) is 0 Å². The molecule has 0 aliphatic heterocycles. The molecule has 1 unspecified atom stereocenters. The van der Waals surface area contributed by atoms with Crippen LogP contribution in [0.5, 0.6) is 0 Å². The molecule has 22 heavy (non-hydrogen) atoms. The van der Waals surface area contributed by atoms with E-state index in [1.165, 1.54) is 0 Å². The second-order valence-electron chi connectivity index (χ2n) is 7.76. The average molecular weight is 310 g/mol. The third kappa shape index (κ3) is 5.08. The predicted octanol–water partition coefficient (Wildman–Crippen LogP) is 2.86. The van der Waals surface area contributed by atoms with Gasteiger partial charge < -0.3 is 10.2 Å². The molecule has 1 N–H and O–H groups in total. The number of likely N-dealkylation sites (N-methyl/N-ethyl adjacent to an activating group) is 1. The zero-order chi connectivity index (χ0) is 16.9. The molecule has 0 radical (unpaired) electrons. The summed E-state index contributed by atoms with van der Waals surface area (Å²) in [5.74, 6) is 1.07. The van der Waals surface area contributed by atoms with Crippen LogP contribution in [0.4, 0.5) is 0 Å². The number of carbonyl (C=O) groups excluding carboxylic acids is 2. The van der Waals surface area contributed by atoms with Crippen molar-refractivity contribution in [1.29, 1.82) is 0 Å². The molecule has 4 nitrogen and oxygen atoms in total. The molecule has 1 fully saturated rings. The molecule has 0 aromatic heterocycles. The number of nitrogens with zero attached hydrogens (tertiary/aromatic N) is 1. The number of nitrogens with one attached hydrogen (secondary N) is 1. The maximum atomic E-state index is 12.6. The quantitative estimate of drug-likeness (QED) is 0.820. The maximum absolute atomic E-state index is 12.6. The van der Waals surface area contributed by atoms with Crippen molar-refractivity contribution in [2.45, 2.75) is 66.3 Å². The number of carbonyl (C=O) groups is 2. The maximum Gasteiger partial charge on any atom is 0.226 e. The van der Waals surface area contributed by atoms with Gasteiger partial charge in [0.25, 0.3) is 0 Å². The van der Waals surface area contributed by atoms with Gasteiger partial charge in [-0.05, 0) is 51.6 Å². The Morgan fingerprint density at radius 3 is 2.18 bits per heavy atom. The monoisotopic (exact) mass is 310 g/mol. The minimum atomic E-state index is -0.405. The minimum Gasteiger partial charge on any atom is -0.336 e. The standard InChI is InChI=1S/C18H34N2O2/c1-7-19-12-14-8-10-15(11-9-14)17(22)20(6)13(2)16(21)18(3,4)5/h13-15,19H,7-12H2,1-6H3. The molecule has 1 aliphatic carbocycles. The van der Waals surface area contributed by atoms with Gasteiger partial charge in [-0.1, -0.05) is 27.7 Å².